The predicted octanol–water partition coefficient (Wildman–Crippen LogP) is 2.70. The first-order valence-corrected chi connectivity index (χ1v) is 6.08. The molecule has 3 nitrogen and oxygen atoms in total. The van der Waals surface area contributed by atoms with Gasteiger partial charge in [-0.3, -0.25) is 4.79 Å². The molecule has 2 rings (SSSR count). The summed E-state index contributed by atoms with van der Waals surface area (Å²) in [6, 6.07) is 16.6. The van der Waals surface area contributed by atoms with E-state index in [2.05, 4.69) is 0 Å². The highest BCUT2D eigenvalue weighted by molar-refractivity contribution is 6.05. The van der Waals surface area contributed by atoms with Crippen molar-refractivity contribution in [3.8, 4) is 0 Å². The lowest BCUT2D eigenvalue weighted by atomic mass is 10.1. The highest BCUT2D eigenvalue weighted by atomic mass is 16.2. The zero-order chi connectivity index (χ0) is 13.7. The largest absolute Gasteiger partial charge is 0.311 e. The average molecular weight is 253 g/mol. The molecule has 2 aromatic carbocycles. The molecule has 0 radical (unpaired) electrons. The Morgan fingerprint density at radius 2 is 1.84 bits per heavy atom. The molecular formula is C16H15NO2. The van der Waals surface area contributed by atoms with Gasteiger partial charge in [0.25, 0.3) is 5.91 Å². The lowest BCUT2D eigenvalue weighted by molar-refractivity contribution is -0.107. The van der Waals surface area contributed by atoms with Crippen LogP contribution in [0.2, 0.25) is 0 Å². The minimum atomic E-state index is -0.0843. The molecule has 0 heterocycles. The number of aldehydes is 1. The van der Waals surface area contributed by atoms with Gasteiger partial charge in [-0.15, -0.1) is 0 Å². The number of hydrogen-bond donors (Lipinski definition) is 0. The number of carbonyl (C=O) groups is 2. The highest BCUT2D eigenvalue weighted by Crippen LogP contribution is 2.15. The minimum Gasteiger partial charge on any atom is -0.311 e. The maximum absolute atomic E-state index is 12.3. The number of anilines is 1. The third kappa shape index (κ3) is 3.07. The summed E-state index contributed by atoms with van der Waals surface area (Å²) in [6.07, 6.45) is 1.17. The molecule has 0 aromatic heterocycles. The summed E-state index contributed by atoms with van der Waals surface area (Å²) >= 11 is 0. The Labute approximate surface area is 112 Å². The fraction of sp³-hybridized carbons (Fsp3) is 0.125. The van der Waals surface area contributed by atoms with E-state index >= 15 is 0 Å². The molecule has 0 aliphatic rings. The maximum Gasteiger partial charge on any atom is 0.258 e. The van der Waals surface area contributed by atoms with E-state index in [4.69, 9.17) is 0 Å². The summed E-state index contributed by atoms with van der Waals surface area (Å²) in [6.45, 7) is 0. The van der Waals surface area contributed by atoms with E-state index in [1.54, 1.807) is 30.1 Å². The monoisotopic (exact) mass is 253 g/mol. The zero-order valence-electron chi connectivity index (χ0n) is 10.7. The number of para-hydroxylation sites is 1. The first kappa shape index (κ1) is 13.0. The molecule has 0 fully saturated rings. The molecule has 0 aliphatic heterocycles. The third-order valence-corrected chi connectivity index (χ3v) is 2.94. The Hall–Kier alpha value is -2.42. The lowest BCUT2D eigenvalue weighted by Crippen LogP contribution is -2.26. The van der Waals surface area contributed by atoms with Crippen molar-refractivity contribution >= 4 is 17.9 Å². The zero-order valence-corrected chi connectivity index (χ0v) is 10.7. The van der Waals surface area contributed by atoms with Crippen molar-refractivity contribution in [2.75, 3.05) is 11.9 Å². The van der Waals surface area contributed by atoms with Gasteiger partial charge >= 0.3 is 0 Å². The number of benzene rings is 2. The van der Waals surface area contributed by atoms with Crippen LogP contribution in [-0.2, 0) is 11.2 Å². The maximum atomic E-state index is 12.3. The van der Waals surface area contributed by atoms with Gasteiger partial charge in [0.2, 0.25) is 0 Å². The van der Waals surface area contributed by atoms with Crippen LogP contribution in [-0.4, -0.2) is 19.2 Å². The van der Waals surface area contributed by atoms with E-state index < -0.39 is 0 Å². The first-order valence-electron chi connectivity index (χ1n) is 6.08. The molecule has 0 saturated carbocycles. The molecule has 0 spiro atoms. The topological polar surface area (TPSA) is 37.4 Å². The fourth-order valence-corrected chi connectivity index (χ4v) is 1.89. The number of nitrogens with zero attached hydrogens (tertiary/aromatic N) is 1. The van der Waals surface area contributed by atoms with E-state index in [0.29, 0.717) is 12.0 Å². The fourth-order valence-electron chi connectivity index (χ4n) is 1.89. The van der Waals surface area contributed by atoms with E-state index in [0.717, 1.165) is 17.5 Å². The van der Waals surface area contributed by atoms with Crippen molar-refractivity contribution in [1.29, 1.82) is 0 Å². The molecule has 1 amide bonds. The minimum absolute atomic E-state index is 0.0843. The molecular weight excluding hydrogens is 238 g/mol. The van der Waals surface area contributed by atoms with Crippen molar-refractivity contribution in [2.45, 2.75) is 6.42 Å². The molecule has 19 heavy (non-hydrogen) atoms. The number of hydrogen-bond acceptors (Lipinski definition) is 2. The second-order valence-electron chi connectivity index (χ2n) is 4.27. The predicted molar refractivity (Wildman–Crippen MR) is 75.4 cm³/mol. The molecule has 3 heteroatoms. The van der Waals surface area contributed by atoms with Gasteiger partial charge in [0, 0.05) is 24.7 Å². The quantitative estimate of drug-likeness (QED) is 0.786. The first-order chi connectivity index (χ1) is 9.22. The molecule has 0 atom stereocenters. The molecule has 0 aliphatic carbocycles. The van der Waals surface area contributed by atoms with Gasteiger partial charge in [0.15, 0.2) is 0 Å². The summed E-state index contributed by atoms with van der Waals surface area (Å²) in [7, 11) is 1.74. The second-order valence-corrected chi connectivity index (χ2v) is 4.27. The summed E-state index contributed by atoms with van der Waals surface area (Å²) < 4.78 is 0. The van der Waals surface area contributed by atoms with Crippen molar-refractivity contribution in [3.05, 3.63) is 65.7 Å². The third-order valence-electron chi connectivity index (χ3n) is 2.94. The average Bonchev–Trinajstić information content (AvgIpc) is 2.47. The van der Waals surface area contributed by atoms with E-state index in [1.165, 1.54) is 0 Å². The Morgan fingerprint density at radius 3 is 2.53 bits per heavy atom. The summed E-state index contributed by atoms with van der Waals surface area (Å²) in [5.41, 5.74) is 2.28. The normalized spacial score (nSPS) is 9.95. The number of rotatable bonds is 4. The molecule has 2 aromatic rings. The van der Waals surface area contributed by atoms with Gasteiger partial charge in [0.1, 0.15) is 6.29 Å². The molecule has 0 bridgehead atoms. The van der Waals surface area contributed by atoms with Crippen LogP contribution >= 0.6 is 0 Å². The van der Waals surface area contributed by atoms with Crippen molar-refractivity contribution < 1.29 is 9.59 Å². The van der Waals surface area contributed by atoms with Crippen LogP contribution in [0.3, 0.4) is 0 Å². The molecule has 0 N–H and O–H groups in total. The van der Waals surface area contributed by atoms with Gasteiger partial charge < -0.3 is 9.69 Å². The van der Waals surface area contributed by atoms with Crippen LogP contribution in [0.25, 0.3) is 0 Å². The molecule has 0 saturated heterocycles. The van der Waals surface area contributed by atoms with E-state index in [9.17, 15) is 9.59 Å². The lowest BCUT2D eigenvalue weighted by Gasteiger charge is -2.17. The van der Waals surface area contributed by atoms with Gasteiger partial charge in [-0.2, -0.15) is 0 Å². The van der Waals surface area contributed by atoms with E-state index in [-0.39, 0.29) is 5.91 Å². The summed E-state index contributed by atoms with van der Waals surface area (Å²) in [4.78, 5) is 24.5. The molecule has 0 unspecified atom stereocenters. The van der Waals surface area contributed by atoms with Gasteiger partial charge in [-0.25, -0.2) is 0 Å². The Balaban J connectivity index is 2.24. The van der Waals surface area contributed by atoms with Gasteiger partial charge in [0.05, 0.1) is 0 Å². The van der Waals surface area contributed by atoms with Crippen LogP contribution in [0.5, 0.6) is 0 Å². The van der Waals surface area contributed by atoms with Crippen LogP contribution in [0.15, 0.2) is 54.6 Å². The van der Waals surface area contributed by atoms with Gasteiger partial charge in [-0.1, -0.05) is 30.3 Å². The SMILES string of the molecule is CN(C(=O)c1cccc(CC=O)c1)c1ccccc1. The van der Waals surface area contributed by atoms with Crippen LogP contribution in [0, 0.1) is 0 Å². The standard InChI is InChI=1S/C16H15NO2/c1-17(15-8-3-2-4-9-15)16(19)14-7-5-6-13(12-14)10-11-18/h2-9,11-12H,10H2,1H3. The summed E-state index contributed by atoms with van der Waals surface area (Å²) in [5.74, 6) is -0.0843. The van der Waals surface area contributed by atoms with Crippen LogP contribution in [0.1, 0.15) is 15.9 Å². The van der Waals surface area contributed by atoms with Crippen LogP contribution < -0.4 is 4.90 Å². The van der Waals surface area contributed by atoms with Crippen molar-refractivity contribution in [1.82, 2.24) is 0 Å². The Morgan fingerprint density at radius 1 is 1.11 bits per heavy atom. The Bertz CT molecular complexity index is 578. The summed E-state index contributed by atoms with van der Waals surface area (Å²) in [5, 5.41) is 0. The van der Waals surface area contributed by atoms with Crippen molar-refractivity contribution in [3.63, 3.8) is 0 Å². The number of amides is 1. The van der Waals surface area contributed by atoms with Gasteiger partial charge in [-0.05, 0) is 29.8 Å². The van der Waals surface area contributed by atoms with Crippen molar-refractivity contribution in [2.24, 2.45) is 0 Å². The van der Waals surface area contributed by atoms with Crippen LogP contribution in [0.4, 0.5) is 5.69 Å². The highest BCUT2D eigenvalue weighted by Gasteiger charge is 2.13. The van der Waals surface area contributed by atoms with E-state index in [1.807, 2.05) is 36.4 Å². The Kier molecular flexibility index (Phi) is 4.08. The molecule has 96 valence electrons. The number of carbonyl (C=O) groups excluding carboxylic acids is 2. The smallest absolute Gasteiger partial charge is 0.258 e. The second kappa shape index (κ2) is 5.96.